The first-order valence-electron chi connectivity index (χ1n) is 10.6. The van der Waals surface area contributed by atoms with Crippen molar-refractivity contribution in [1.82, 2.24) is 9.62 Å². The Balaban J connectivity index is 1.50. The van der Waals surface area contributed by atoms with E-state index in [1.807, 2.05) is 18.2 Å². The van der Waals surface area contributed by atoms with Crippen LogP contribution in [0.15, 0.2) is 59.5 Å². The monoisotopic (exact) mass is 444 g/mol. The van der Waals surface area contributed by atoms with Gasteiger partial charge in [-0.25, -0.2) is 8.42 Å². The number of nitrogens with one attached hydrogen (secondary N) is 1. The Labute approximate surface area is 183 Å². The molecular formula is C23H28N2O5S. The minimum Gasteiger partial charge on any atom is -0.381 e. The fourth-order valence-corrected chi connectivity index (χ4v) is 5.66. The zero-order chi connectivity index (χ0) is 21.7. The molecular weight excluding hydrogens is 416 g/mol. The molecule has 0 atom stereocenters. The highest BCUT2D eigenvalue weighted by molar-refractivity contribution is 7.89. The van der Waals surface area contributed by atoms with Crippen molar-refractivity contribution in [3.05, 3.63) is 65.7 Å². The molecule has 2 saturated heterocycles. The van der Waals surface area contributed by atoms with Gasteiger partial charge in [0.15, 0.2) is 0 Å². The zero-order valence-corrected chi connectivity index (χ0v) is 18.3. The summed E-state index contributed by atoms with van der Waals surface area (Å²) in [4.78, 5) is 13.1. The second kappa shape index (κ2) is 9.48. The van der Waals surface area contributed by atoms with Gasteiger partial charge in [-0.15, -0.1) is 0 Å². The Morgan fingerprint density at radius 2 is 1.61 bits per heavy atom. The number of nitrogens with zero attached hydrogens (tertiary/aromatic N) is 1. The lowest BCUT2D eigenvalue weighted by Gasteiger charge is -2.38. The normalized spacial score (nSPS) is 19.6. The SMILES string of the molecule is O=C(NCC1(c2ccccc2)CCOCC1)c1cccc(S(=O)(=O)N2CCOCC2)c1. The van der Waals surface area contributed by atoms with E-state index < -0.39 is 10.0 Å². The van der Waals surface area contributed by atoms with E-state index in [4.69, 9.17) is 9.47 Å². The predicted octanol–water partition coefficient (Wildman–Crippen LogP) is 2.19. The lowest BCUT2D eigenvalue weighted by atomic mass is 9.74. The van der Waals surface area contributed by atoms with Crippen LogP contribution in [0, 0.1) is 0 Å². The Bertz CT molecular complexity index is 998. The van der Waals surface area contributed by atoms with Crippen LogP contribution in [-0.2, 0) is 24.9 Å². The van der Waals surface area contributed by atoms with Crippen LogP contribution < -0.4 is 5.32 Å². The van der Waals surface area contributed by atoms with E-state index in [1.54, 1.807) is 12.1 Å². The average Bonchev–Trinajstić information content (AvgIpc) is 2.84. The van der Waals surface area contributed by atoms with Crippen LogP contribution >= 0.6 is 0 Å². The molecule has 0 aliphatic carbocycles. The van der Waals surface area contributed by atoms with E-state index in [0.29, 0.717) is 51.6 Å². The molecule has 2 fully saturated rings. The van der Waals surface area contributed by atoms with Gasteiger partial charge in [0.1, 0.15) is 0 Å². The number of sulfonamides is 1. The number of benzene rings is 2. The van der Waals surface area contributed by atoms with Crippen molar-refractivity contribution < 1.29 is 22.7 Å². The Kier molecular flexibility index (Phi) is 6.71. The highest BCUT2D eigenvalue weighted by atomic mass is 32.2. The molecule has 2 heterocycles. The first-order chi connectivity index (χ1) is 15.0. The summed E-state index contributed by atoms with van der Waals surface area (Å²) in [6.07, 6.45) is 1.64. The van der Waals surface area contributed by atoms with Gasteiger partial charge < -0.3 is 14.8 Å². The number of ether oxygens (including phenoxy) is 2. The van der Waals surface area contributed by atoms with Crippen LogP contribution in [0.4, 0.5) is 0 Å². The second-order valence-electron chi connectivity index (χ2n) is 7.99. The summed E-state index contributed by atoms with van der Waals surface area (Å²) in [5, 5.41) is 3.04. The minimum absolute atomic E-state index is 0.130. The molecule has 1 N–H and O–H groups in total. The smallest absolute Gasteiger partial charge is 0.251 e. The lowest BCUT2D eigenvalue weighted by Crippen LogP contribution is -2.44. The van der Waals surface area contributed by atoms with Crippen molar-refractivity contribution in [2.75, 3.05) is 46.1 Å². The fourth-order valence-electron chi connectivity index (χ4n) is 4.21. The van der Waals surface area contributed by atoms with Crippen LogP contribution in [0.25, 0.3) is 0 Å². The van der Waals surface area contributed by atoms with Crippen molar-refractivity contribution >= 4 is 15.9 Å². The molecule has 7 nitrogen and oxygen atoms in total. The number of hydrogen-bond acceptors (Lipinski definition) is 5. The van der Waals surface area contributed by atoms with E-state index in [-0.39, 0.29) is 16.2 Å². The Hall–Kier alpha value is -2.26. The molecule has 0 spiro atoms. The molecule has 2 aliphatic rings. The third-order valence-corrected chi connectivity index (χ3v) is 8.02. The molecule has 0 aromatic heterocycles. The highest BCUT2D eigenvalue weighted by Gasteiger charge is 2.35. The number of hydrogen-bond donors (Lipinski definition) is 1. The van der Waals surface area contributed by atoms with Crippen molar-refractivity contribution in [2.24, 2.45) is 0 Å². The van der Waals surface area contributed by atoms with Gasteiger partial charge in [-0.05, 0) is 36.6 Å². The van der Waals surface area contributed by atoms with Crippen LogP contribution in [0.1, 0.15) is 28.8 Å². The summed E-state index contributed by atoms with van der Waals surface area (Å²) >= 11 is 0. The quantitative estimate of drug-likeness (QED) is 0.738. The molecule has 1 amide bonds. The molecule has 0 bridgehead atoms. The second-order valence-corrected chi connectivity index (χ2v) is 9.92. The van der Waals surface area contributed by atoms with Gasteiger partial charge in [-0.3, -0.25) is 4.79 Å². The summed E-state index contributed by atoms with van der Waals surface area (Å²) in [5.74, 6) is -0.277. The maximum Gasteiger partial charge on any atom is 0.251 e. The average molecular weight is 445 g/mol. The van der Waals surface area contributed by atoms with E-state index in [2.05, 4.69) is 17.4 Å². The van der Waals surface area contributed by atoms with E-state index >= 15 is 0 Å². The first kappa shape index (κ1) is 22.0. The summed E-state index contributed by atoms with van der Waals surface area (Å²) in [5.41, 5.74) is 1.33. The highest BCUT2D eigenvalue weighted by Crippen LogP contribution is 2.34. The third-order valence-electron chi connectivity index (χ3n) is 6.13. The molecule has 166 valence electrons. The molecule has 0 unspecified atom stereocenters. The van der Waals surface area contributed by atoms with Crippen LogP contribution in [0.3, 0.4) is 0 Å². The molecule has 2 aliphatic heterocycles. The van der Waals surface area contributed by atoms with E-state index in [0.717, 1.165) is 12.8 Å². The third kappa shape index (κ3) is 4.82. The maximum absolute atomic E-state index is 12.9. The van der Waals surface area contributed by atoms with Crippen molar-refractivity contribution in [1.29, 1.82) is 0 Å². The van der Waals surface area contributed by atoms with Crippen molar-refractivity contribution in [3.63, 3.8) is 0 Å². The molecule has 4 rings (SSSR count). The maximum atomic E-state index is 12.9. The molecule has 8 heteroatoms. The first-order valence-corrected chi connectivity index (χ1v) is 12.0. The summed E-state index contributed by atoms with van der Waals surface area (Å²) in [6.45, 7) is 3.17. The number of rotatable bonds is 6. The number of carbonyl (C=O) groups is 1. The van der Waals surface area contributed by atoms with Gasteiger partial charge in [-0.2, -0.15) is 4.31 Å². The predicted molar refractivity (Wildman–Crippen MR) is 117 cm³/mol. The van der Waals surface area contributed by atoms with Gasteiger partial charge in [-0.1, -0.05) is 36.4 Å². The lowest BCUT2D eigenvalue weighted by molar-refractivity contribution is 0.0487. The van der Waals surface area contributed by atoms with Gasteiger partial charge in [0.05, 0.1) is 18.1 Å². The van der Waals surface area contributed by atoms with Crippen molar-refractivity contribution in [2.45, 2.75) is 23.2 Å². The van der Waals surface area contributed by atoms with Gasteiger partial charge in [0, 0.05) is 43.8 Å². The van der Waals surface area contributed by atoms with Gasteiger partial charge in [0.25, 0.3) is 5.91 Å². The van der Waals surface area contributed by atoms with Crippen LogP contribution in [0.2, 0.25) is 0 Å². The Morgan fingerprint density at radius 1 is 0.935 bits per heavy atom. The number of morpholine rings is 1. The van der Waals surface area contributed by atoms with E-state index in [1.165, 1.54) is 22.0 Å². The van der Waals surface area contributed by atoms with Gasteiger partial charge in [0.2, 0.25) is 10.0 Å². The van der Waals surface area contributed by atoms with Gasteiger partial charge >= 0.3 is 0 Å². The molecule has 2 aromatic rings. The molecule has 2 aromatic carbocycles. The topological polar surface area (TPSA) is 84.9 Å². The largest absolute Gasteiger partial charge is 0.381 e. The summed E-state index contributed by atoms with van der Waals surface area (Å²) in [6, 6.07) is 16.4. The van der Waals surface area contributed by atoms with Crippen LogP contribution in [0.5, 0.6) is 0 Å². The molecule has 31 heavy (non-hydrogen) atoms. The molecule has 0 radical (unpaired) electrons. The standard InChI is InChI=1S/C23H28N2O5S/c26-22(24-18-23(9-13-29-14-10-23)20-6-2-1-3-7-20)19-5-4-8-21(17-19)31(27,28)25-11-15-30-16-12-25/h1-8,17H,9-16,18H2,(H,24,26). The minimum atomic E-state index is -3.65. The Morgan fingerprint density at radius 3 is 2.32 bits per heavy atom. The number of amides is 1. The molecule has 0 saturated carbocycles. The van der Waals surface area contributed by atoms with Crippen molar-refractivity contribution in [3.8, 4) is 0 Å². The summed E-state index contributed by atoms with van der Waals surface area (Å²) in [7, 11) is -3.65. The van der Waals surface area contributed by atoms with E-state index in [9.17, 15) is 13.2 Å². The fraction of sp³-hybridized carbons (Fsp3) is 0.435. The summed E-state index contributed by atoms with van der Waals surface area (Å²) < 4.78 is 38.1. The number of carbonyl (C=O) groups excluding carboxylic acids is 1. The zero-order valence-electron chi connectivity index (χ0n) is 17.5. The van der Waals surface area contributed by atoms with Crippen LogP contribution in [-0.4, -0.2) is 64.7 Å².